The van der Waals surface area contributed by atoms with Gasteiger partial charge >= 0.3 is 6.09 Å². The van der Waals surface area contributed by atoms with Crippen LogP contribution in [0.1, 0.15) is 17.0 Å². The van der Waals surface area contributed by atoms with Crippen LogP contribution in [0.25, 0.3) is 11.1 Å². The number of nitrogens with one attached hydrogen (secondary N) is 1. The number of hydrogen-bond donors (Lipinski definition) is 2. The molecule has 0 bridgehead atoms. The van der Waals surface area contributed by atoms with E-state index in [0.29, 0.717) is 50.5 Å². The summed E-state index contributed by atoms with van der Waals surface area (Å²) in [5.74, 6) is 0.00584. The lowest BCUT2D eigenvalue weighted by Crippen LogP contribution is -2.36. The highest BCUT2D eigenvalue weighted by atomic mass is 127. The zero-order valence-corrected chi connectivity index (χ0v) is 19.4. The first-order valence-corrected chi connectivity index (χ1v) is 11.8. The van der Waals surface area contributed by atoms with Crippen LogP contribution in [0, 0.1) is 0 Å². The number of halogens is 1. The van der Waals surface area contributed by atoms with E-state index in [2.05, 4.69) is 29.6 Å². The molecule has 0 aliphatic heterocycles. The molecular weight excluding hydrogens is 511 g/mol. The number of ether oxygens (including phenoxy) is 2. The van der Waals surface area contributed by atoms with Crippen molar-refractivity contribution in [1.82, 2.24) is 10.2 Å². The van der Waals surface area contributed by atoms with Crippen LogP contribution in [0.5, 0.6) is 0 Å². The van der Waals surface area contributed by atoms with Gasteiger partial charge in [-0.1, -0.05) is 71.1 Å². The second-order valence-corrected chi connectivity index (χ2v) is 7.93. The van der Waals surface area contributed by atoms with Crippen LogP contribution in [0.4, 0.5) is 4.79 Å². The van der Waals surface area contributed by atoms with E-state index in [1.807, 2.05) is 46.9 Å². The van der Waals surface area contributed by atoms with Crippen LogP contribution >= 0.6 is 22.6 Å². The van der Waals surface area contributed by atoms with Crippen molar-refractivity contribution in [2.45, 2.75) is 5.92 Å². The van der Waals surface area contributed by atoms with E-state index < -0.39 is 6.09 Å². The summed E-state index contributed by atoms with van der Waals surface area (Å²) < 4.78 is 11.4. The molecule has 166 valence electrons. The number of nitrogens with zero attached hydrogens (tertiary/aromatic N) is 1. The van der Waals surface area contributed by atoms with E-state index in [9.17, 15) is 14.7 Å². The van der Waals surface area contributed by atoms with Crippen molar-refractivity contribution in [2.75, 3.05) is 50.5 Å². The van der Waals surface area contributed by atoms with Gasteiger partial charge in [0.05, 0.1) is 30.9 Å². The van der Waals surface area contributed by atoms with Crippen LogP contribution < -0.4 is 5.32 Å². The summed E-state index contributed by atoms with van der Waals surface area (Å²) in [4.78, 5) is 24.4. The van der Waals surface area contributed by atoms with E-state index in [-0.39, 0.29) is 11.8 Å². The monoisotopic (exact) mass is 538 g/mol. The van der Waals surface area contributed by atoms with Crippen molar-refractivity contribution in [3.63, 3.8) is 0 Å². The molecule has 1 aliphatic rings. The second kappa shape index (κ2) is 12.0. The van der Waals surface area contributed by atoms with Gasteiger partial charge in [-0.2, -0.15) is 0 Å². The number of amides is 2. The zero-order chi connectivity index (χ0) is 22.1. The quantitative estimate of drug-likeness (QED) is 0.246. The Kier molecular flexibility index (Phi) is 9.11. The largest absolute Gasteiger partial charge is 0.465 e. The van der Waals surface area contributed by atoms with Crippen molar-refractivity contribution in [3.05, 3.63) is 59.7 Å². The summed E-state index contributed by atoms with van der Waals surface area (Å²) in [6.45, 7) is 2.66. The fourth-order valence-corrected chi connectivity index (χ4v) is 4.02. The number of hydrogen-bond acceptors (Lipinski definition) is 4. The van der Waals surface area contributed by atoms with Gasteiger partial charge in [-0.15, -0.1) is 0 Å². The smallest absolute Gasteiger partial charge is 0.407 e. The van der Waals surface area contributed by atoms with Crippen molar-refractivity contribution in [1.29, 1.82) is 0 Å². The first kappa shape index (κ1) is 23.5. The van der Waals surface area contributed by atoms with E-state index in [1.54, 1.807) is 0 Å². The van der Waals surface area contributed by atoms with Gasteiger partial charge in [0, 0.05) is 25.6 Å². The van der Waals surface area contributed by atoms with Gasteiger partial charge < -0.3 is 24.8 Å². The normalized spacial score (nSPS) is 12.3. The van der Waals surface area contributed by atoms with Gasteiger partial charge in [0.2, 0.25) is 5.91 Å². The van der Waals surface area contributed by atoms with Gasteiger partial charge in [-0.05, 0) is 22.3 Å². The number of carbonyl (C=O) groups excluding carboxylic acids is 1. The maximum Gasteiger partial charge on any atom is 0.407 e. The standard InChI is InChI=1S/C23H27IN2O5/c24-15-22(27)25-9-11-30-13-14-31-12-10-26(23(28)29)16-21-19-7-3-1-5-17(19)18-6-2-4-8-20(18)21/h1-8,21H,9-16H2,(H,25,27)(H,28,29). The number of carboxylic acid groups (broad SMARTS) is 1. The molecule has 31 heavy (non-hydrogen) atoms. The van der Waals surface area contributed by atoms with Crippen LogP contribution in [-0.2, 0) is 14.3 Å². The summed E-state index contributed by atoms with van der Waals surface area (Å²) >= 11 is 2.00. The molecule has 0 heterocycles. The zero-order valence-electron chi connectivity index (χ0n) is 17.3. The third kappa shape index (κ3) is 6.41. The lowest BCUT2D eigenvalue weighted by atomic mass is 9.96. The summed E-state index contributed by atoms with van der Waals surface area (Å²) in [7, 11) is 0. The minimum absolute atomic E-state index is 0.0123. The SMILES string of the molecule is O=C(CI)NCCOCCOCCN(CC1c2ccccc2-c2ccccc21)C(=O)O. The van der Waals surface area contributed by atoms with Crippen molar-refractivity contribution in [3.8, 4) is 11.1 Å². The topological polar surface area (TPSA) is 88.1 Å². The van der Waals surface area contributed by atoms with E-state index in [1.165, 1.54) is 27.2 Å². The van der Waals surface area contributed by atoms with Gasteiger partial charge in [-0.25, -0.2) is 4.79 Å². The molecule has 2 amide bonds. The summed E-state index contributed by atoms with van der Waals surface area (Å²) in [6, 6.07) is 16.4. The van der Waals surface area contributed by atoms with Crippen molar-refractivity contribution in [2.24, 2.45) is 0 Å². The molecule has 0 atom stereocenters. The fraction of sp³-hybridized carbons (Fsp3) is 0.391. The first-order chi connectivity index (χ1) is 15.1. The van der Waals surface area contributed by atoms with Gasteiger partial charge in [0.15, 0.2) is 0 Å². The van der Waals surface area contributed by atoms with Crippen LogP contribution in [0.2, 0.25) is 0 Å². The summed E-state index contributed by atoms with van der Waals surface area (Å²) in [6.07, 6.45) is -0.951. The van der Waals surface area contributed by atoms with Gasteiger partial charge in [-0.3, -0.25) is 4.79 Å². The number of rotatable bonds is 12. The molecule has 0 unspecified atom stereocenters. The molecule has 2 N–H and O–H groups in total. The number of benzene rings is 2. The Morgan fingerprint density at radius 2 is 1.52 bits per heavy atom. The third-order valence-electron chi connectivity index (χ3n) is 5.20. The molecule has 0 saturated carbocycles. The van der Waals surface area contributed by atoms with E-state index >= 15 is 0 Å². The first-order valence-electron chi connectivity index (χ1n) is 10.3. The molecule has 0 radical (unpaired) electrons. The molecule has 7 nitrogen and oxygen atoms in total. The maximum absolute atomic E-state index is 11.8. The fourth-order valence-electron chi connectivity index (χ4n) is 3.75. The predicted octanol–water partition coefficient (Wildman–Crippen LogP) is 3.36. The van der Waals surface area contributed by atoms with Crippen LogP contribution in [-0.4, -0.2) is 72.5 Å². The van der Waals surface area contributed by atoms with Crippen molar-refractivity contribution < 1.29 is 24.2 Å². The van der Waals surface area contributed by atoms with E-state index in [0.717, 1.165) is 0 Å². The third-order valence-corrected chi connectivity index (χ3v) is 5.90. The minimum atomic E-state index is -0.951. The van der Waals surface area contributed by atoms with Gasteiger partial charge in [0.1, 0.15) is 0 Å². The minimum Gasteiger partial charge on any atom is -0.465 e. The molecule has 0 spiro atoms. The Morgan fingerprint density at radius 1 is 0.935 bits per heavy atom. The molecule has 0 aromatic heterocycles. The molecule has 1 aliphatic carbocycles. The summed E-state index contributed by atoms with van der Waals surface area (Å²) in [5.41, 5.74) is 4.69. The molecule has 2 aromatic carbocycles. The van der Waals surface area contributed by atoms with Crippen molar-refractivity contribution >= 4 is 34.6 Å². The Bertz CT molecular complexity index is 846. The van der Waals surface area contributed by atoms with E-state index in [4.69, 9.17) is 9.47 Å². The average Bonchev–Trinajstić information content (AvgIpc) is 3.10. The molecule has 0 fully saturated rings. The number of fused-ring (bicyclic) bond motifs is 3. The molecule has 3 rings (SSSR count). The lowest BCUT2D eigenvalue weighted by molar-refractivity contribution is -0.118. The highest BCUT2D eigenvalue weighted by molar-refractivity contribution is 14.1. The number of alkyl halides is 1. The Balaban J connectivity index is 1.45. The molecular formula is C23H27IN2O5. The molecule has 0 saturated heterocycles. The highest BCUT2D eigenvalue weighted by Gasteiger charge is 2.30. The lowest BCUT2D eigenvalue weighted by Gasteiger charge is -2.24. The van der Waals surface area contributed by atoms with Gasteiger partial charge in [0.25, 0.3) is 0 Å². The molecule has 8 heteroatoms. The Labute approximate surface area is 195 Å². The Morgan fingerprint density at radius 3 is 2.10 bits per heavy atom. The average molecular weight is 538 g/mol. The predicted molar refractivity (Wildman–Crippen MR) is 127 cm³/mol. The molecule has 2 aromatic rings. The summed E-state index contributed by atoms with van der Waals surface area (Å²) in [5, 5.41) is 12.4. The highest BCUT2D eigenvalue weighted by Crippen LogP contribution is 2.44. The Hall–Kier alpha value is -2.17. The van der Waals surface area contributed by atoms with Crippen LogP contribution in [0.15, 0.2) is 48.5 Å². The second-order valence-electron chi connectivity index (χ2n) is 7.16. The maximum atomic E-state index is 11.8. The number of carbonyl (C=O) groups is 2. The van der Waals surface area contributed by atoms with Crippen LogP contribution in [0.3, 0.4) is 0 Å².